The van der Waals surface area contributed by atoms with Gasteiger partial charge in [-0.1, -0.05) is 30.3 Å². The molecule has 4 aliphatic rings. The molecule has 0 saturated heterocycles. The van der Waals surface area contributed by atoms with Crippen molar-refractivity contribution in [1.82, 2.24) is 5.32 Å². The Bertz CT molecular complexity index is 430. The van der Waals surface area contributed by atoms with Gasteiger partial charge in [0.25, 0.3) is 0 Å². The molecular weight excluding hydrogens is 246 g/mol. The molecule has 0 aromatic heterocycles. The molecule has 2 nitrogen and oxygen atoms in total. The van der Waals surface area contributed by atoms with Crippen molar-refractivity contribution in [3.63, 3.8) is 0 Å². The number of aliphatic hydroxyl groups is 1. The molecular formula is C18H25NO. The molecule has 2 N–H and O–H groups in total. The zero-order valence-corrected chi connectivity index (χ0v) is 12.0. The molecule has 0 spiro atoms. The number of hydrogen-bond donors (Lipinski definition) is 2. The molecule has 0 heterocycles. The molecule has 1 atom stereocenters. The van der Waals surface area contributed by atoms with Crippen LogP contribution < -0.4 is 5.32 Å². The second-order valence-corrected chi connectivity index (χ2v) is 7.29. The number of aliphatic hydroxyl groups excluding tert-OH is 1. The number of benzene rings is 1. The van der Waals surface area contributed by atoms with Crippen molar-refractivity contribution in [2.45, 2.75) is 44.2 Å². The fraction of sp³-hybridized carbons (Fsp3) is 0.667. The van der Waals surface area contributed by atoms with Crippen molar-refractivity contribution in [2.24, 2.45) is 23.7 Å². The molecule has 4 aliphatic carbocycles. The number of nitrogens with one attached hydrogen (secondary N) is 1. The van der Waals surface area contributed by atoms with Crippen LogP contribution in [-0.2, 0) is 0 Å². The van der Waals surface area contributed by atoms with E-state index in [1.807, 2.05) is 30.3 Å². The van der Waals surface area contributed by atoms with E-state index in [0.717, 1.165) is 29.2 Å². The first kappa shape index (κ1) is 12.8. The smallest absolute Gasteiger partial charge is 0.0914 e. The Kier molecular flexibility index (Phi) is 3.31. The quantitative estimate of drug-likeness (QED) is 0.882. The van der Waals surface area contributed by atoms with Gasteiger partial charge in [0.1, 0.15) is 0 Å². The average Bonchev–Trinajstić information content (AvgIpc) is 2.46. The summed E-state index contributed by atoms with van der Waals surface area (Å²) in [4.78, 5) is 0. The van der Waals surface area contributed by atoms with Crippen molar-refractivity contribution in [2.75, 3.05) is 6.54 Å². The third-order valence-corrected chi connectivity index (χ3v) is 5.96. The molecule has 0 aliphatic heterocycles. The highest BCUT2D eigenvalue weighted by molar-refractivity contribution is 5.17. The minimum atomic E-state index is -0.367. The minimum absolute atomic E-state index is 0.367. The van der Waals surface area contributed by atoms with Crippen LogP contribution in [0.4, 0.5) is 0 Å². The van der Waals surface area contributed by atoms with E-state index in [0.29, 0.717) is 12.6 Å². The SMILES string of the molecule is O[C@H](CNC1C2CC3CC(C2)CC1C3)c1ccccc1. The number of rotatable bonds is 4. The molecule has 5 rings (SSSR count). The van der Waals surface area contributed by atoms with E-state index >= 15 is 0 Å². The second kappa shape index (κ2) is 5.16. The molecule has 20 heavy (non-hydrogen) atoms. The van der Waals surface area contributed by atoms with Crippen LogP contribution in [0.25, 0.3) is 0 Å². The Morgan fingerprint density at radius 3 is 2.15 bits per heavy atom. The molecule has 0 amide bonds. The maximum atomic E-state index is 10.3. The molecule has 0 radical (unpaired) electrons. The van der Waals surface area contributed by atoms with Crippen LogP contribution in [0, 0.1) is 23.7 Å². The summed E-state index contributed by atoms with van der Waals surface area (Å²) in [7, 11) is 0. The first-order chi connectivity index (χ1) is 9.79. The van der Waals surface area contributed by atoms with Crippen molar-refractivity contribution in [1.29, 1.82) is 0 Å². The van der Waals surface area contributed by atoms with E-state index in [2.05, 4.69) is 5.32 Å². The summed E-state index contributed by atoms with van der Waals surface area (Å²) in [6, 6.07) is 10.7. The lowest BCUT2D eigenvalue weighted by Gasteiger charge is -2.54. The molecule has 108 valence electrons. The summed E-state index contributed by atoms with van der Waals surface area (Å²) >= 11 is 0. The highest BCUT2D eigenvalue weighted by Gasteiger charge is 2.47. The van der Waals surface area contributed by atoms with E-state index in [-0.39, 0.29) is 6.10 Å². The van der Waals surface area contributed by atoms with Crippen LogP contribution >= 0.6 is 0 Å². The molecule has 1 aromatic rings. The Morgan fingerprint density at radius 1 is 0.950 bits per heavy atom. The number of hydrogen-bond acceptors (Lipinski definition) is 2. The van der Waals surface area contributed by atoms with E-state index in [4.69, 9.17) is 0 Å². The van der Waals surface area contributed by atoms with Gasteiger partial charge in [0.2, 0.25) is 0 Å². The van der Waals surface area contributed by atoms with Crippen molar-refractivity contribution >= 4 is 0 Å². The van der Waals surface area contributed by atoms with Crippen LogP contribution in [-0.4, -0.2) is 17.7 Å². The van der Waals surface area contributed by atoms with Gasteiger partial charge >= 0.3 is 0 Å². The fourth-order valence-electron chi connectivity index (χ4n) is 5.30. The van der Waals surface area contributed by atoms with Gasteiger partial charge in [0.15, 0.2) is 0 Å². The van der Waals surface area contributed by atoms with Crippen LogP contribution in [0.1, 0.15) is 43.8 Å². The molecule has 1 aromatic carbocycles. The van der Waals surface area contributed by atoms with E-state index in [1.54, 1.807) is 0 Å². The summed E-state index contributed by atoms with van der Waals surface area (Å²) in [6.45, 7) is 0.705. The van der Waals surface area contributed by atoms with Gasteiger partial charge < -0.3 is 10.4 Å². The summed E-state index contributed by atoms with van der Waals surface area (Å²) in [5.41, 5.74) is 1.03. The lowest BCUT2D eigenvalue weighted by atomic mass is 9.54. The monoisotopic (exact) mass is 271 g/mol. The maximum Gasteiger partial charge on any atom is 0.0914 e. The molecule has 4 saturated carbocycles. The predicted molar refractivity (Wildman–Crippen MR) is 80.2 cm³/mol. The summed E-state index contributed by atoms with van der Waals surface area (Å²) in [5.74, 6) is 3.81. The fourth-order valence-corrected chi connectivity index (χ4v) is 5.30. The van der Waals surface area contributed by atoms with Crippen LogP contribution in [0.15, 0.2) is 30.3 Å². The lowest BCUT2D eigenvalue weighted by molar-refractivity contribution is -0.0173. The lowest BCUT2D eigenvalue weighted by Crippen LogP contribution is -2.55. The largest absolute Gasteiger partial charge is 0.387 e. The molecule has 4 fully saturated rings. The third-order valence-electron chi connectivity index (χ3n) is 5.96. The van der Waals surface area contributed by atoms with E-state index < -0.39 is 0 Å². The topological polar surface area (TPSA) is 32.3 Å². The Hall–Kier alpha value is -0.860. The Labute approximate surface area is 121 Å². The van der Waals surface area contributed by atoms with E-state index in [9.17, 15) is 5.11 Å². The van der Waals surface area contributed by atoms with Crippen LogP contribution in [0.5, 0.6) is 0 Å². The van der Waals surface area contributed by atoms with Crippen LogP contribution in [0.3, 0.4) is 0 Å². The molecule has 2 heteroatoms. The van der Waals surface area contributed by atoms with Gasteiger partial charge in [-0.3, -0.25) is 0 Å². The van der Waals surface area contributed by atoms with Crippen molar-refractivity contribution in [3.8, 4) is 0 Å². The average molecular weight is 271 g/mol. The zero-order valence-electron chi connectivity index (χ0n) is 12.0. The highest BCUT2D eigenvalue weighted by atomic mass is 16.3. The normalized spacial score (nSPS) is 40.0. The second-order valence-electron chi connectivity index (χ2n) is 7.29. The Morgan fingerprint density at radius 2 is 1.55 bits per heavy atom. The zero-order chi connectivity index (χ0) is 13.5. The Balaban J connectivity index is 1.38. The summed E-state index contributed by atoms with van der Waals surface area (Å²) < 4.78 is 0. The van der Waals surface area contributed by atoms with Gasteiger partial charge in [-0.15, -0.1) is 0 Å². The summed E-state index contributed by atoms with van der Waals surface area (Å²) in [5, 5.41) is 14.0. The van der Waals surface area contributed by atoms with Gasteiger partial charge in [-0.25, -0.2) is 0 Å². The van der Waals surface area contributed by atoms with Crippen molar-refractivity contribution in [3.05, 3.63) is 35.9 Å². The van der Waals surface area contributed by atoms with Crippen molar-refractivity contribution < 1.29 is 5.11 Å². The maximum absolute atomic E-state index is 10.3. The van der Waals surface area contributed by atoms with Gasteiger partial charge in [-0.2, -0.15) is 0 Å². The van der Waals surface area contributed by atoms with Gasteiger partial charge in [-0.05, 0) is 61.3 Å². The highest BCUT2D eigenvalue weighted by Crippen LogP contribution is 2.53. The van der Waals surface area contributed by atoms with E-state index in [1.165, 1.54) is 32.1 Å². The standard InChI is InChI=1S/C18H25NO/c20-17(14-4-2-1-3-5-14)11-19-18-15-7-12-6-13(9-15)10-16(18)8-12/h1-5,12-13,15-20H,6-11H2/t12?,13?,15?,16?,17-,18?/m1/s1. The molecule has 4 bridgehead atoms. The van der Waals surface area contributed by atoms with Crippen LogP contribution in [0.2, 0.25) is 0 Å². The first-order valence-corrected chi connectivity index (χ1v) is 8.26. The van der Waals surface area contributed by atoms with Gasteiger partial charge in [0, 0.05) is 12.6 Å². The summed E-state index contributed by atoms with van der Waals surface area (Å²) in [6.07, 6.45) is 6.89. The first-order valence-electron chi connectivity index (χ1n) is 8.26. The predicted octanol–water partition coefficient (Wildman–Crippen LogP) is 3.13. The van der Waals surface area contributed by atoms with Gasteiger partial charge in [0.05, 0.1) is 6.10 Å². The minimum Gasteiger partial charge on any atom is -0.387 e. The molecule has 0 unspecified atom stereocenters. The third kappa shape index (κ3) is 2.29.